The predicted molar refractivity (Wildman–Crippen MR) is 122 cm³/mol. The minimum Gasteiger partial charge on any atom is -0.492 e. The van der Waals surface area contributed by atoms with Crippen molar-refractivity contribution in [2.45, 2.75) is 46.0 Å². The minimum atomic E-state index is -0.562. The zero-order valence-corrected chi connectivity index (χ0v) is 19.1. The van der Waals surface area contributed by atoms with Crippen molar-refractivity contribution in [1.29, 1.82) is 0 Å². The lowest BCUT2D eigenvalue weighted by Gasteiger charge is -2.23. The van der Waals surface area contributed by atoms with Gasteiger partial charge in [-0.2, -0.15) is 0 Å². The molecule has 1 unspecified atom stereocenters. The summed E-state index contributed by atoms with van der Waals surface area (Å²) < 4.78 is 21.8. The molecule has 176 valence electrons. The molecular formula is C25H29NO7. The Balaban J connectivity index is 1.86. The molecule has 1 N–H and O–H groups in total. The van der Waals surface area contributed by atoms with Crippen LogP contribution >= 0.6 is 0 Å². The van der Waals surface area contributed by atoms with E-state index in [2.05, 4.69) is 5.32 Å². The van der Waals surface area contributed by atoms with Gasteiger partial charge in [-0.1, -0.05) is 0 Å². The number of ether oxygens (including phenoxy) is 4. The van der Waals surface area contributed by atoms with Gasteiger partial charge in [0, 0.05) is 17.7 Å². The highest BCUT2D eigenvalue weighted by atomic mass is 16.7. The fraction of sp³-hybridized carbons (Fsp3) is 0.400. The predicted octanol–water partition coefficient (Wildman–Crippen LogP) is 4.37. The highest BCUT2D eigenvalue weighted by molar-refractivity contribution is 6.07. The Kier molecular flexibility index (Phi) is 8.57. The van der Waals surface area contributed by atoms with E-state index in [1.165, 1.54) is 20.1 Å². The van der Waals surface area contributed by atoms with Crippen molar-refractivity contribution in [3.8, 4) is 5.75 Å². The van der Waals surface area contributed by atoms with E-state index in [1.807, 2.05) is 6.92 Å². The van der Waals surface area contributed by atoms with Crippen molar-refractivity contribution in [1.82, 2.24) is 0 Å². The topological polar surface area (TPSA) is 100 Å². The lowest BCUT2D eigenvalue weighted by atomic mass is 10.0. The van der Waals surface area contributed by atoms with Gasteiger partial charge in [0.1, 0.15) is 5.75 Å². The van der Waals surface area contributed by atoms with Crippen molar-refractivity contribution >= 4 is 23.3 Å². The third-order valence-corrected chi connectivity index (χ3v) is 5.18. The highest BCUT2D eigenvalue weighted by Gasteiger charge is 2.18. The zero-order valence-electron chi connectivity index (χ0n) is 19.1. The quantitative estimate of drug-likeness (QED) is 0.443. The summed E-state index contributed by atoms with van der Waals surface area (Å²) in [6, 6.07) is 9.60. The molecule has 1 aliphatic heterocycles. The van der Waals surface area contributed by atoms with Gasteiger partial charge < -0.3 is 24.3 Å². The summed E-state index contributed by atoms with van der Waals surface area (Å²) in [6.45, 7) is 4.50. The van der Waals surface area contributed by atoms with Crippen LogP contribution in [0.1, 0.15) is 69.7 Å². The number of benzene rings is 2. The van der Waals surface area contributed by atoms with Crippen LogP contribution in [0.15, 0.2) is 36.4 Å². The van der Waals surface area contributed by atoms with E-state index in [1.54, 1.807) is 30.3 Å². The van der Waals surface area contributed by atoms with Crippen LogP contribution in [0.4, 0.5) is 5.69 Å². The van der Waals surface area contributed by atoms with Crippen LogP contribution in [0.5, 0.6) is 5.75 Å². The Labute approximate surface area is 193 Å². The van der Waals surface area contributed by atoms with Crippen molar-refractivity contribution in [2.24, 2.45) is 0 Å². The first-order chi connectivity index (χ1) is 15.9. The number of carbonyl (C=O) groups excluding carboxylic acids is 3. The average Bonchev–Trinajstić information content (AvgIpc) is 2.83. The Hall–Kier alpha value is -3.23. The SMILES string of the molecule is CCOc1ccc(C(C)=O)cc1NC(=O)c1cc(COC2CCCCO2)cc(C(=O)OC)c1. The third kappa shape index (κ3) is 6.63. The molecule has 0 bridgehead atoms. The molecule has 1 aliphatic rings. The zero-order chi connectivity index (χ0) is 23.8. The second-order valence-electron chi connectivity index (χ2n) is 7.67. The fourth-order valence-electron chi connectivity index (χ4n) is 3.50. The molecular weight excluding hydrogens is 426 g/mol. The highest BCUT2D eigenvalue weighted by Crippen LogP contribution is 2.27. The first-order valence-corrected chi connectivity index (χ1v) is 11.0. The van der Waals surface area contributed by atoms with Gasteiger partial charge in [0.2, 0.25) is 0 Å². The summed E-state index contributed by atoms with van der Waals surface area (Å²) in [4.78, 5) is 37.1. The maximum atomic E-state index is 13.1. The smallest absolute Gasteiger partial charge is 0.337 e. The number of methoxy groups -OCH3 is 1. The minimum absolute atomic E-state index is 0.134. The van der Waals surface area contributed by atoms with E-state index in [-0.39, 0.29) is 29.8 Å². The van der Waals surface area contributed by atoms with Gasteiger partial charge in [0.05, 0.1) is 31.6 Å². The van der Waals surface area contributed by atoms with E-state index >= 15 is 0 Å². The van der Waals surface area contributed by atoms with Crippen LogP contribution in [-0.4, -0.2) is 44.3 Å². The maximum Gasteiger partial charge on any atom is 0.337 e. The molecule has 0 aliphatic carbocycles. The second kappa shape index (κ2) is 11.6. The van der Waals surface area contributed by atoms with Crippen molar-refractivity contribution in [2.75, 3.05) is 25.6 Å². The largest absolute Gasteiger partial charge is 0.492 e. The summed E-state index contributed by atoms with van der Waals surface area (Å²) in [6.07, 6.45) is 2.54. The maximum absolute atomic E-state index is 13.1. The number of nitrogens with one attached hydrogen (secondary N) is 1. The van der Waals surface area contributed by atoms with E-state index in [4.69, 9.17) is 18.9 Å². The van der Waals surface area contributed by atoms with Crippen LogP contribution in [0.25, 0.3) is 0 Å². The standard InChI is InChI=1S/C25H29NO7/c1-4-31-22-9-8-18(16(2)27)14-21(22)26-24(28)19-11-17(12-20(13-19)25(29)30-3)15-33-23-7-5-6-10-32-23/h8-9,11-14,23H,4-7,10,15H2,1-3H3,(H,26,28). The van der Waals surface area contributed by atoms with E-state index in [0.717, 1.165) is 19.3 Å². The van der Waals surface area contributed by atoms with E-state index in [9.17, 15) is 14.4 Å². The number of hydrogen-bond acceptors (Lipinski definition) is 7. The van der Waals surface area contributed by atoms with Gasteiger partial charge in [0.25, 0.3) is 5.91 Å². The fourth-order valence-corrected chi connectivity index (χ4v) is 3.50. The van der Waals surface area contributed by atoms with Crippen LogP contribution in [0.2, 0.25) is 0 Å². The molecule has 33 heavy (non-hydrogen) atoms. The van der Waals surface area contributed by atoms with Gasteiger partial charge in [-0.05, 0) is 75.1 Å². The number of carbonyl (C=O) groups is 3. The summed E-state index contributed by atoms with van der Waals surface area (Å²) in [7, 11) is 1.28. The summed E-state index contributed by atoms with van der Waals surface area (Å²) in [5, 5.41) is 2.79. The molecule has 8 nitrogen and oxygen atoms in total. The first-order valence-electron chi connectivity index (χ1n) is 11.0. The summed E-state index contributed by atoms with van der Waals surface area (Å²) in [5.41, 5.74) is 1.93. The Morgan fingerprint density at radius 3 is 2.52 bits per heavy atom. The van der Waals surface area contributed by atoms with Gasteiger partial charge in [-0.15, -0.1) is 0 Å². The van der Waals surface area contributed by atoms with Crippen molar-refractivity contribution in [3.05, 3.63) is 58.7 Å². The third-order valence-electron chi connectivity index (χ3n) is 5.18. The van der Waals surface area contributed by atoms with E-state index < -0.39 is 11.9 Å². The molecule has 0 aromatic heterocycles. The molecule has 2 aromatic rings. The van der Waals surface area contributed by atoms with Crippen molar-refractivity contribution in [3.63, 3.8) is 0 Å². The van der Waals surface area contributed by atoms with Crippen LogP contribution < -0.4 is 10.1 Å². The summed E-state index contributed by atoms with van der Waals surface area (Å²) >= 11 is 0. The van der Waals surface area contributed by atoms with Gasteiger partial charge in [0.15, 0.2) is 12.1 Å². The van der Waals surface area contributed by atoms with Crippen LogP contribution in [-0.2, 0) is 20.8 Å². The van der Waals surface area contributed by atoms with Gasteiger partial charge >= 0.3 is 5.97 Å². The van der Waals surface area contributed by atoms with Crippen LogP contribution in [0.3, 0.4) is 0 Å². The normalized spacial score (nSPS) is 15.5. The molecule has 1 heterocycles. The Morgan fingerprint density at radius 1 is 1.06 bits per heavy atom. The Bertz CT molecular complexity index is 1010. The molecule has 1 saturated heterocycles. The molecule has 8 heteroatoms. The summed E-state index contributed by atoms with van der Waals surface area (Å²) in [5.74, 6) is -0.713. The number of hydrogen-bond donors (Lipinski definition) is 1. The number of rotatable bonds is 9. The van der Waals surface area contributed by atoms with E-state index in [0.29, 0.717) is 35.8 Å². The lowest BCUT2D eigenvalue weighted by Crippen LogP contribution is -2.22. The number of ketones is 1. The molecule has 1 fully saturated rings. The molecule has 0 saturated carbocycles. The Morgan fingerprint density at radius 2 is 1.85 bits per heavy atom. The molecule has 0 spiro atoms. The second-order valence-corrected chi connectivity index (χ2v) is 7.67. The number of Topliss-reactive ketones (excluding diaryl/α,β-unsaturated/α-hetero) is 1. The van der Waals surface area contributed by atoms with Gasteiger partial charge in [-0.3, -0.25) is 9.59 Å². The monoisotopic (exact) mass is 455 g/mol. The van der Waals surface area contributed by atoms with Crippen molar-refractivity contribution < 1.29 is 33.3 Å². The van der Waals surface area contributed by atoms with Crippen LogP contribution in [0, 0.1) is 0 Å². The first kappa shape index (κ1) is 24.4. The molecule has 1 atom stereocenters. The number of amides is 1. The molecule has 2 aromatic carbocycles. The van der Waals surface area contributed by atoms with Gasteiger partial charge in [-0.25, -0.2) is 4.79 Å². The molecule has 0 radical (unpaired) electrons. The average molecular weight is 456 g/mol. The lowest BCUT2D eigenvalue weighted by molar-refractivity contribution is -0.168. The molecule has 3 rings (SSSR count). The number of anilines is 1. The molecule has 1 amide bonds. The number of esters is 1.